The fraction of sp³-hybridized carbons (Fsp3) is 0.500. The van der Waals surface area contributed by atoms with Crippen LogP contribution in [0.2, 0.25) is 0 Å². The van der Waals surface area contributed by atoms with Crippen LogP contribution in [-0.2, 0) is 22.2 Å². The predicted octanol–water partition coefficient (Wildman–Crippen LogP) is 2.05. The zero-order valence-corrected chi connectivity index (χ0v) is 19.4. The van der Waals surface area contributed by atoms with Gasteiger partial charge in [-0.25, -0.2) is 4.98 Å². The van der Waals surface area contributed by atoms with Gasteiger partial charge in [-0.15, -0.1) is 0 Å². The van der Waals surface area contributed by atoms with Crippen molar-refractivity contribution < 1.29 is 22.8 Å². The number of hydrogen-bond donors (Lipinski definition) is 0. The van der Waals surface area contributed by atoms with Gasteiger partial charge in [0.25, 0.3) is 0 Å². The van der Waals surface area contributed by atoms with Crippen LogP contribution in [0.1, 0.15) is 18.1 Å². The van der Waals surface area contributed by atoms with Gasteiger partial charge in [-0.2, -0.15) is 13.2 Å². The van der Waals surface area contributed by atoms with Crippen molar-refractivity contribution in [3.8, 4) is 0 Å². The molecule has 3 aliphatic heterocycles. The third kappa shape index (κ3) is 4.51. The summed E-state index contributed by atoms with van der Waals surface area (Å²) in [5.74, 6) is 0.106. The molecule has 3 aliphatic rings. The van der Waals surface area contributed by atoms with E-state index >= 15 is 0 Å². The first-order valence-electron chi connectivity index (χ1n) is 11.7. The molecule has 5 rings (SSSR count). The van der Waals surface area contributed by atoms with Gasteiger partial charge in [0.1, 0.15) is 5.82 Å². The molecule has 0 aliphatic carbocycles. The van der Waals surface area contributed by atoms with Gasteiger partial charge in [0.15, 0.2) is 0 Å². The Hall–Kier alpha value is -3.37. The molecule has 1 aromatic heterocycles. The smallest absolute Gasteiger partial charge is 0.364 e. The number of amides is 2. The van der Waals surface area contributed by atoms with Crippen LogP contribution in [0.25, 0.3) is 0 Å². The van der Waals surface area contributed by atoms with E-state index in [2.05, 4.69) is 19.8 Å². The number of carbonyl (C=O) groups is 2. The lowest BCUT2D eigenvalue weighted by molar-refractivity contribution is -0.142. The summed E-state index contributed by atoms with van der Waals surface area (Å²) in [5.41, 5.74) is 0.603. The van der Waals surface area contributed by atoms with Crippen LogP contribution in [0.3, 0.4) is 0 Å². The first-order chi connectivity index (χ1) is 16.7. The minimum atomic E-state index is -4.45. The molecule has 2 fully saturated rings. The molecule has 1 aromatic carbocycles. The van der Waals surface area contributed by atoms with Crippen molar-refractivity contribution in [3.05, 3.63) is 47.9 Å². The van der Waals surface area contributed by atoms with E-state index in [1.165, 1.54) is 19.1 Å². The van der Waals surface area contributed by atoms with Gasteiger partial charge < -0.3 is 19.6 Å². The monoisotopic (exact) mass is 488 g/mol. The number of hydrogen-bond acceptors (Lipinski definition) is 6. The van der Waals surface area contributed by atoms with Crippen LogP contribution in [-0.4, -0.2) is 83.4 Å². The second-order valence-corrected chi connectivity index (χ2v) is 9.25. The van der Waals surface area contributed by atoms with Crippen molar-refractivity contribution in [2.45, 2.75) is 25.6 Å². The molecule has 0 spiro atoms. The van der Waals surface area contributed by atoms with Gasteiger partial charge in [0.05, 0.1) is 23.7 Å². The number of fused-ring (bicyclic) bond motifs is 3. The predicted molar refractivity (Wildman–Crippen MR) is 123 cm³/mol. The molecular weight excluding hydrogens is 461 g/mol. The summed E-state index contributed by atoms with van der Waals surface area (Å²) in [6.07, 6.45) is 0.689. The van der Waals surface area contributed by atoms with E-state index in [1.54, 1.807) is 28.4 Å². The van der Waals surface area contributed by atoms with Crippen molar-refractivity contribution in [2.24, 2.45) is 5.92 Å². The molecular formula is C24H27F3N6O2. The highest BCUT2D eigenvalue weighted by atomic mass is 19.4. The molecule has 35 heavy (non-hydrogen) atoms. The van der Waals surface area contributed by atoms with E-state index in [0.29, 0.717) is 57.2 Å². The number of halogens is 3. The molecule has 0 bridgehead atoms. The SMILES string of the molecule is CC(=O)N1CCN(C(=O)C2Cc3cc(C(F)(F)F)ccc3N3CCN(c4cnccn4)CC23)CC1. The minimum Gasteiger partial charge on any atom is -0.364 e. The highest BCUT2D eigenvalue weighted by Gasteiger charge is 2.44. The summed E-state index contributed by atoms with van der Waals surface area (Å²) in [6, 6.07) is 3.63. The quantitative estimate of drug-likeness (QED) is 0.645. The first-order valence-corrected chi connectivity index (χ1v) is 11.7. The zero-order chi connectivity index (χ0) is 24.7. The normalized spacial score (nSPS) is 22.5. The van der Waals surface area contributed by atoms with Crippen molar-refractivity contribution in [1.29, 1.82) is 0 Å². The maximum atomic E-state index is 13.7. The van der Waals surface area contributed by atoms with Crippen LogP contribution >= 0.6 is 0 Å². The Balaban J connectivity index is 1.45. The van der Waals surface area contributed by atoms with Crippen LogP contribution in [0, 0.1) is 5.92 Å². The fourth-order valence-electron chi connectivity index (χ4n) is 5.42. The number of aromatic nitrogens is 2. The molecule has 0 saturated carbocycles. The summed E-state index contributed by atoms with van der Waals surface area (Å²) >= 11 is 0. The van der Waals surface area contributed by atoms with E-state index in [9.17, 15) is 22.8 Å². The van der Waals surface area contributed by atoms with E-state index in [4.69, 9.17) is 0 Å². The van der Waals surface area contributed by atoms with Crippen molar-refractivity contribution >= 4 is 23.3 Å². The van der Waals surface area contributed by atoms with Crippen molar-refractivity contribution in [2.75, 3.05) is 55.6 Å². The van der Waals surface area contributed by atoms with Crippen molar-refractivity contribution in [1.82, 2.24) is 19.8 Å². The maximum Gasteiger partial charge on any atom is 0.416 e. The van der Waals surface area contributed by atoms with Crippen LogP contribution in [0.4, 0.5) is 24.7 Å². The summed E-state index contributed by atoms with van der Waals surface area (Å²) in [7, 11) is 0. The third-order valence-electron chi connectivity index (χ3n) is 7.27. The van der Waals surface area contributed by atoms with Gasteiger partial charge in [0.2, 0.25) is 11.8 Å². The number of carbonyl (C=O) groups excluding carboxylic acids is 2. The standard InChI is InChI=1S/C24H27F3N6O2/c1-16(34)30-6-8-31(9-7-30)23(35)19-13-17-12-18(24(25,26)27)2-3-20(17)33-11-10-32(15-21(19)33)22-14-28-4-5-29-22/h2-5,12,14,19,21H,6-11,13,15H2,1H3. The molecule has 2 atom stereocenters. The lowest BCUT2D eigenvalue weighted by Gasteiger charge is -2.50. The van der Waals surface area contributed by atoms with Gasteiger partial charge in [-0.1, -0.05) is 0 Å². The largest absolute Gasteiger partial charge is 0.416 e. The summed E-state index contributed by atoms with van der Waals surface area (Å²) in [6.45, 7) is 4.97. The number of anilines is 2. The Morgan fingerprint density at radius 1 is 1.00 bits per heavy atom. The summed E-state index contributed by atoms with van der Waals surface area (Å²) in [5, 5.41) is 0. The minimum absolute atomic E-state index is 0.0264. The van der Waals surface area contributed by atoms with Gasteiger partial charge in [0, 0.05) is 70.8 Å². The molecule has 4 heterocycles. The Bertz CT molecular complexity index is 1100. The summed E-state index contributed by atoms with van der Waals surface area (Å²) < 4.78 is 40.3. The number of nitrogens with zero attached hydrogens (tertiary/aromatic N) is 6. The topological polar surface area (TPSA) is 72.9 Å². The number of alkyl halides is 3. The van der Waals surface area contributed by atoms with Crippen LogP contribution in [0.5, 0.6) is 0 Å². The highest BCUT2D eigenvalue weighted by Crippen LogP contribution is 2.40. The Morgan fingerprint density at radius 2 is 1.74 bits per heavy atom. The number of benzene rings is 1. The number of rotatable bonds is 2. The fourth-order valence-corrected chi connectivity index (χ4v) is 5.42. The highest BCUT2D eigenvalue weighted by molar-refractivity contribution is 5.83. The van der Waals surface area contributed by atoms with Crippen LogP contribution < -0.4 is 9.80 Å². The molecule has 8 nitrogen and oxygen atoms in total. The Kier molecular flexibility index (Phi) is 6.02. The van der Waals surface area contributed by atoms with E-state index in [0.717, 1.165) is 11.8 Å². The Labute approximate surface area is 201 Å². The molecule has 0 N–H and O–H groups in total. The third-order valence-corrected chi connectivity index (χ3v) is 7.27. The first kappa shape index (κ1) is 23.4. The van der Waals surface area contributed by atoms with E-state index < -0.39 is 17.7 Å². The molecule has 2 unspecified atom stereocenters. The van der Waals surface area contributed by atoms with Gasteiger partial charge in [-0.05, 0) is 30.2 Å². The lowest BCUT2D eigenvalue weighted by atomic mass is 9.82. The van der Waals surface area contributed by atoms with E-state index in [1.807, 2.05) is 0 Å². The molecule has 2 saturated heterocycles. The zero-order valence-electron chi connectivity index (χ0n) is 19.4. The Morgan fingerprint density at radius 3 is 2.40 bits per heavy atom. The second kappa shape index (κ2) is 9.01. The lowest BCUT2D eigenvalue weighted by Crippen LogP contribution is -2.62. The van der Waals surface area contributed by atoms with Gasteiger partial charge in [-0.3, -0.25) is 14.6 Å². The average molecular weight is 489 g/mol. The molecule has 0 radical (unpaired) electrons. The number of piperazine rings is 2. The maximum absolute atomic E-state index is 13.7. The van der Waals surface area contributed by atoms with Gasteiger partial charge >= 0.3 is 6.18 Å². The molecule has 186 valence electrons. The van der Waals surface area contributed by atoms with E-state index in [-0.39, 0.29) is 24.3 Å². The second-order valence-electron chi connectivity index (χ2n) is 9.25. The molecule has 11 heteroatoms. The molecule has 2 amide bonds. The average Bonchev–Trinajstić information content (AvgIpc) is 2.87. The van der Waals surface area contributed by atoms with Crippen LogP contribution in [0.15, 0.2) is 36.8 Å². The van der Waals surface area contributed by atoms with Crippen molar-refractivity contribution in [3.63, 3.8) is 0 Å². The molecule has 2 aromatic rings. The summed E-state index contributed by atoms with van der Waals surface area (Å²) in [4.78, 5) is 41.6.